The Balaban J connectivity index is 2.54. The highest BCUT2D eigenvalue weighted by Crippen LogP contribution is 2.11. The number of nitrogens with one attached hydrogen (secondary N) is 1. The van der Waals surface area contributed by atoms with Crippen molar-refractivity contribution < 1.29 is 9.59 Å². The topological polar surface area (TPSA) is 75.4 Å². The fraction of sp³-hybridized carbons (Fsp3) is 0.467. The number of amides is 2. The third kappa shape index (κ3) is 6.18. The van der Waals surface area contributed by atoms with Gasteiger partial charge >= 0.3 is 0 Å². The Hall–Kier alpha value is -1.53. The number of thioether (sulfide) groups is 1. The zero-order chi connectivity index (χ0) is 15.8. The monoisotopic (exact) mass is 309 g/mol. The van der Waals surface area contributed by atoms with Gasteiger partial charge in [-0.2, -0.15) is 11.8 Å². The summed E-state index contributed by atoms with van der Waals surface area (Å²) in [5.41, 5.74) is 7.41. The van der Waals surface area contributed by atoms with Gasteiger partial charge in [-0.1, -0.05) is 12.1 Å². The van der Waals surface area contributed by atoms with Crippen LogP contribution in [0, 0.1) is 0 Å². The molecule has 21 heavy (non-hydrogen) atoms. The molecule has 0 fully saturated rings. The van der Waals surface area contributed by atoms with E-state index in [1.807, 2.05) is 18.4 Å². The van der Waals surface area contributed by atoms with Crippen molar-refractivity contribution in [1.29, 1.82) is 0 Å². The first-order chi connectivity index (χ1) is 9.93. The molecule has 0 aliphatic carbocycles. The summed E-state index contributed by atoms with van der Waals surface area (Å²) in [7, 11) is 3.46. The number of hydrogen-bond acceptors (Lipinski definition) is 4. The lowest BCUT2D eigenvalue weighted by molar-refractivity contribution is -0.128. The van der Waals surface area contributed by atoms with E-state index in [1.165, 1.54) is 0 Å². The number of likely N-dealkylation sites (N-methyl/N-ethyl adjacent to an activating group) is 1. The minimum Gasteiger partial charge on any atom is -0.349 e. The lowest BCUT2D eigenvalue weighted by Gasteiger charge is -2.13. The highest BCUT2D eigenvalue weighted by Gasteiger charge is 2.13. The first-order valence-electron chi connectivity index (χ1n) is 6.78. The number of benzene rings is 1. The predicted molar refractivity (Wildman–Crippen MR) is 88.4 cm³/mol. The maximum atomic E-state index is 11.9. The summed E-state index contributed by atoms with van der Waals surface area (Å²) in [4.78, 5) is 25.0. The number of carbonyl (C=O) groups is 2. The van der Waals surface area contributed by atoms with Crippen LogP contribution in [-0.2, 0) is 16.0 Å². The molecule has 5 nitrogen and oxygen atoms in total. The van der Waals surface area contributed by atoms with E-state index in [9.17, 15) is 9.59 Å². The van der Waals surface area contributed by atoms with Gasteiger partial charge in [0.2, 0.25) is 11.8 Å². The van der Waals surface area contributed by atoms with E-state index in [0.717, 1.165) is 11.3 Å². The van der Waals surface area contributed by atoms with Crippen molar-refractivity contribution in [2.75, 3.05) is 31.4 Å². The molecule has 116 valence electrons. The van der Waals surface area contributed by atoms with Gasteiger partial charge in [0.1, 0.15) is 0 Å². The molecule has 0 aromatic heterocycles. The molecule has 0 bridgehead atoms. The van der Waals surface area contributed by atoms with Crippen LogP contribution in [-0.4, -0.2) is 48.9 Å². The van der Waals surface area contributed by atoms with Crippen LogP contribution in [0.15, 0.2) is 24.3 Å². The van der Waals surface area contributed by atoms with Crippen LogP contribution in [0.2, 0.25) is 0 Å². The van der Waals surface area contributed by atoms with E-state index < -0.39 is 6.04 Å². The quantitative estimate of drug-likeness (QED) is 0.797. The second-order valence-corrected chi connectivity index (χ2v) is 6.02. The second kappa shape index (κ2) is 8.69. The molecule has 1 aromatic rings. The summed E-state index contributed by atoms with van der Waals surface area (Å²) in [6, 6.07) is 6.76. The molecule has 0 unspecified atom stereocenters. The van der Waals surface area contributed by atoms with Gasteiger partial charge < -0.3 is 16.0 Å². The van der Waals surface area contributed by atoms with Gasteiger partial charge in [0.25, 0.3) is 0 Å². The fourth-order valence-corrected chi connectivity index (χ4v) is 2.14. The molecule has 0 spiro atoms. The third-order valence-electron chi connectivity index (χ3n) is 3.05. The van der Waals surface area contributed by atoms with Crippen molar-refractivity contribution in [1.82, 2.24) is 4.90 Å². The van der Waals surface area contributed by atoms with Gasteiger partial charge in [-0.05, 0) is 36.1 Å². The zero-order valence-electron chi connectivity index (χ0n) is 12.8. The molecule has 3 N–H and O–H groups in total. The van der Waals surface area contributed by atoms with E-state index >= 15 is 0 Å². The van der Waals surface area contributed by atoms with Gasteiger partial charge in [-0.3, -0.25) is 9.59 Å². The predicted octanol–water partition coefficient (Wildman–Crippen LogP) is 1.34. The van der Waals surface area contributed by atoms with Crippen LogP contribution in [0.4, 0.5) is 5.69 Å². The van der Waals surface area contributed by atoms with Crippen molar-refractivity contribution in [2.45, 2.75) is 18.9 Å². The summed E-state index contributed by atoms with van der Waals surface area (Å²) < 4.78 is 0. The van der Waals surface area contributed by atoms with E-state index in [4.69, 9.17) is 5.73 Å². The van der Waals surface area contributed by atoms with Crippen LogP contribution in [0.25, 0.3) is 0 Å². The normalized spacial score (nSPS) is 11.8. The lowest BCUT2D eigenvalue weighted by atomic mass is 10.1. The number of hydrogen-bond donors (Lipinski definition) is 2. The zero-order valence-corrected chi connectivity index (χ0v) is 13.6. The van der Waals surface area contributed by atoms with Crippen molar-refractivity contribution in [2.24, 2.45) is 5.73 Å². The van der Waals surface area contributed by atoms with Crippen molar-refractivity contribution in [3.63, 3.8) is 0 Å². The molecular weight excluding hydrogens is 286 g/mol. The first kappa shape index (κ1) is 17.5. The van der Waals surface area contributed by atoms with Crippen molar-refractivity contribution >= 4 is 29.3 Å². The van der Waals surface area contributed by atoms with Crippen molar-refractivity contribution in [3.8, 4) is 0 Å². The van der Waals surface area contributed by atoms with Crippen LogP contribution in [0.3, 0.4) is 0 Å². The molecule has 0 aliphatic heterocycles. The molecule has 0 aliphatic rings. The Morgan fingerprint density at radius 1 is 1.29 bits per heavy atom. The molecular formula is C15H23N3O2S. The lowest BCUT2D eigenvalue weighted by Crippen LogP contribution is -2.36. The molecule has 0 saturated heterocycles. The number of nitrogens with zero attached hydrogens (tertiary/aromatic N) is 1. The number of rotatable bonds is 7. The fourth-order valence-electron chi connectivity index (χ4n) is 1.65. The molecule has 6 heteroatoms. The maximum Gasteiger partial charge on any atom is 0.241 e. The summed E-state index contributed by atoms with van der Waals surface area (Å²) in [6.45, 7) is 0. The van der Waals surface area contributed by atoms with Gasteiger partial charge in [0.15, 0.2) is 0 Å². The third-order valence-corrected chi connectivity index (χ3v) is 3.69. The Kier molecular flexibility index (Phi) is 7.25. The van der Waals surface area contributed by atoms with E-state index in [0.29, 0.717) is 18.5 Å². The molecule has 0 heterocycles. The van der Waals surface area contributed by atoms with Crippen molar-refractivity contribution in [3.05, 3.63) is 29.8 Å². The van der Waals surface area contributed by atoms with Crippen LogP contribution >= 0.6 is 11.8 Å². The summed E-state index contributed by atoms with van der Waals surface area (Å²) in [5, 5.41) is 2.79. The van der Waals surface area contributed by atoms with E-state index in [-0.39, 0.29) is 11.8 Å². The van der Waals surface area contributed by atoms with Gasteiger partial charge in [0, 0.05) is 19.8 Å². The molecule has 1 atom stereocenters. The minimum absolute atomic E-state index is 0.0471. The molecule has 0 radical (unpaired) electrons. The molecule has 0 saturated carbocycles. The summed E-state index contributed by atoms with van der Waals surface area (Å²) >= 11 is 1.67. The van der Waals surface area contributed by atoms with Gasteiger partial charge in [0.05, 0.1) is 12.5 Å². The standard InChI is InChI=1S/C15H23N3O2S/c1-18(2)14(19)10-11-4-6-12(7-5-11)17-15(20)13(16)8-9-21-3/h4-7,13H,8-10,16H2,1-3H3,(H,17,20)/t13-/m0/s1. The highest BCUT2D eigenvalue weighted by molar-refractivity contribution is 7.98. The highest BCUT2D eigenvalue weighted by atomic mass is 32.2. The average molecular weight is 309 g/mol. The second-order valence-electron chi connectivity index (χ2n) is 5.04. The minimum atomic E-state index is -0.493. The largest absolute Gasteiger partial charge is 0.349 e. The molecule has 1 rings (SSSR count). The number of nitrogens with two attached hydrogens (primary N) is 1. The SMILES string of the molecule is CSCC[C@H](N)C(=O)Nc1ccc(CC(=O)N(C)C)cc1. The van der Waals surface area contributed by atoms with E-state index in [2.05, 4.69) is 5.32 Å². The number of anilines is 1. The van der Waals surface area contributed by atoms with Crippen LogP contribution < -0.4 is 11.1 Å². The molecule has 2 amide bonds. The Bertz CT molecular complexity index is 474. The van der Waals surface area contributed by atoms with Crippen LogP contribution in [0.1, 0.15) is 12.0 Å². The Morgan fingerprint density at radius 3 is 2.43 bits per heavy atom. The van der Waals surface area contributed by atoms with E-state index in [1.54, 1.807) is 42.9 Å². The van der Waals surface area contributed by atoms with Gasteiger partial charge in [-0.25, -0.2) is 0 Å². The smallest absolute Gasteiger partial charge is 0.241 e. The van der Waals surface area contributed by atoms with Gasteiger partial charge in [-0.15, -0.1) is 0 Å². The summed E-state index contributed by atoms with van der Waals surface area (Å²) in [6.07, 6.45) is 3.00. The summed E-state index contributed by atoms with van der Waals surface area (Å²) in [5.74, 6) is 0.729. The Morgan fingerprint density at radius 2 is 1.90 bits per heavy atom. The number of carbonyl (C=O) groups excluding carboxylic acids is 2. The average Bonchev–Trinajstić information content (AvgIpc) is 2.46. The molecule has 1 aromatic carbocycles. The first-order valence-corrected chi connectivity index (χ1v) is 8.18. The Labute approximate surface area is 130 Å². The maximum absolute atomic E-state index is 11.9. The van der Waals surface area contributed by atoms with Crippen LogP contribution in [0.5, 0.6) is 0 Å².